The van der Waals surface area contributed by atoms with Gasteiger partial charge in [0.2, 0.25) is 0 Å². The number of hydrogen-bond donors (Lipinski definition) is 2. The minimum absolute atomic E-state index is 0.0307. The highest BCUT2D eigenvalue weighted by molar-refractivity contribution is 7.91. The number of benzene rings is 2. The Kier molecular flexibility index (Phi) is 6.96. The number of hydrogen-bond acceptors (Lipinski definition) is 4. The van der Waals surface area contributed by atoms with Crippen LogP contribution >= 0.6 is 11.6 Å². The number of anilines is 1. The molecule has 2 aromatic rings. The minimum atomic E-state index is -3.43. The summed E-state index contributed by atoms with van der Waals surface area (Å²) in [7, 11) is -1.91. The second kappa shape index (κ2) is 8.84. The summed E-state index contributed by atoms with van der Waals surface area (Å²) in [5.74, 6) is 0.527. The number of rotatable bonds is 6. The number of sulfone groups is 1. The molecule has 0 aliphatic rings. The Bertz CT molecular complexity index is 950. The van der Waals surface area contributed by atoms with Crippen molar-refractivity contribution in [2.24, 2.45) is 10.7 Å². The fourth-order valence-electron chi connectivity index (χ4n) is 2.50. The molecule has 0 fully saturated rings. The lowest BCUT2D eigenvalue weighted by molar-refractivity contribution is 0.415. The van der Waals surface area contributed by atoms with Crippen molar-refractivity contribution >= 4 is 33.1 Å². The highest BCUT2D eigenvalue weighted by Crippen LogP contribution is 2.27. The van der Waals surface area contributed by atoms with E-state index in [0.717, 1.165) is 5.56 Å². The third-order valence-corrected chi connectivity index (χ3v) is 6.15. The number of halogens is 1. The Balaban J connectivity index is 1.99. The molecule has 0 aliphatic heterocycles. The molecule has 0 amide bonds. The van der Waals surface area contributed by atoms with Gasteiger partial charge in [-0.2, -0.15) is 0 Å². The van der Waals surface area contributed by atoms with Crippen LogP contribution in [0.5, 0.6) is 5.75 Å². The van der Waals surface area contributed by atoms with Gasteiger partial charge in [-0.05, 0) is 41.3 Å². The van der Waals surface area contributed by atoms with E-state index in [1.54, 1.807) is 30.3 Å². The smallest absolute Gasteiger partial charge is 0.193 e. The molecule has 2 aromatic carbocycles. The number of ether oxygens (including phenoxy) is 1. The van der Waals surface area contributed by atoms with Crippen molar-refractivity contribution < 1.29 is 13.2 Å². The molecule has 6 nitrogen and oxygen atoms in total. The molecule has 0 bridgehead atoms. The maximum atomic E-state index is 12.5. The summed E-state index contributed by atoms with van der Waals surface area (Å²) in [5.41, 5.74) is 7.51. The van der Waals surface area contributed by atoms with E-state index in [-0.39, 0.29) is 28.6 Å². The molecular formula is C20H26ClN3O3S. The molecule has 0 spiro atoms. The molecule has 0 heterocycles. The Morgan fingerprint density at radius 1 is 1.18 bits per heavy atom. The highest BCUT2D eigenvalue weighted by Gasteiger charge is 2.17. The molecular weight excluding hydrogens is 398 g/mol. The quantitative estimate of drug-likeness (QED) is 0.543. The highest BCUT2D eigenvalue weighted by atomic mass is 35.5. The molecule has 8 heteroatoms. The lowest BCUT2D eigenvalue weighted by atomic mass is 9.87. The Labute approximate surface area is 171 Å². The van der Waals surface area contributed by atoms with E-state index in [0.29, 0.717) is 16.5 Å². The molecule has 0 radical (unpaired) electrons. The maximum absolute atomic E-state index is 12.5. The first-order valence-electron chi connectivity index (χ1n) is 8.77. The van der Waals surface area contributed by atoms with Crippen LogP contribution in [0, 0.1) is 0 Å². The molecule has 0 aromatic heterocycles. The molecule has 0 saturated heterocycles. The van der Waals surface area contributed by atoms with E-state index in [1.165, 1.54) is 7.11 Å². The van der Waals surface area contributed by atoms with E-state index in [4.69, 9.17) is 22.1 Å². The fourth-order valence-corrected chi connectivity index (χ4v) is 3.87. The topological polar surface area (TPSA) is 93.8 Å². The van der Waals surface area contributed by atoms with E-state index < -0.39 is 9.84 Å². The summed E-state index contributed by atoms with van der Waals surface area (Å²) in [6, 6.07) is 12.1. The standard InChI is InChI=1S/C20H26ClN3O3S/c1-20(2,3)14-5-8-16(9-6-14)28(25,26)12-11-23-19(22)24-15-7-10-18(27-4)17(21)13-15/h5-10,13H,11-12H2,1-4H3,(H3,22,23,24). The van der Waals surface area contributed by atoms with Crippen LogP contribution < -0.4 is 15.8 Å². The molecule has 3 N–H and O–H groups in total. The molecule has 0 saturated carbocycles. The molecule has 0 atom stereocenters. The zero-order valence-corrected chi connectivity index (χ0v) is 18.1. The SMILES string of the molecule is COc1ccc(NC(N)=NCCS(=O)(=O)c2ccc(C(C)(C)C)cc2)cc1Cl. The average molecular weight is 424 g/mol. The van der Waals surface area contributed by atoms with Gasteiger partial charge in [0, 0.05) is 5.69 Å². The first-order chi connectivity index (χ1) is 13.0. The van der Waals surface area contributed by atoms with Crippen LogP contribution in [0.4, 0.5) is 5.69 Å². The number of nitrogens with one attached hydrogen (secondary N) is 1. The van der Waals surface area contributed by atoms with Gasteiger partial charge in [0.15, 0.2) is 15.8 Å². The lowest BCUT2D eigenvalue weighted by Crippen LogP contribution is -2.24. The van der Waals surface area contributed by atoms with Crippen LogP contribution in [-0.4, -0.2) is 33.8 Å². The van der Waals surface area contributed by atoms with Crippen molar-refractivity contribution in [1.29, 1.82) is 0 Å². The minimum Gasteiger partial charge on any atom is -0.495 e. The van der Waals surface area contributed by atoms with E-state index >= 15 is 0 Å². The van der Waals surface area contributed by atoms with Crippen molar-refractivity contribution in [2.75, 3.05) is 24.7 Å². The van der Waals surface area contributed by atoms with Gasteiger partial charge in [0.05, 0.1) is 29.3 Å². The van der Waals surface area contributed by atoms with Crippen LogP contribution in [0.2, 0.25) is 5.02 Å². The third-order valence-electron chi connectivity index (χ3n) is 4.15. The third kappa shape index (κ3) is 5.87. The van der Waals surface area contributed by atoms with Crippen molar-refractivity contribution in [1.82, 2.24) is 0 Å². The van der Waals surface area contributed by atoms with Gasteiger partial charge >= 0.3 is 0 Å². The average Bonchev–Trinajstić information content (AvgIpc) is 2.61. The molecule has 152 valence electrons. The Hall–Kier alpha value is -2.25. The van der Waals surface area contributed by atoms with Crippen LogP contribution in [0.3, 0.4) is 0 Å². The number of aliphatic imine (C=N–C) groups is 1. The predicted octanol–water partition coefficient (Wildman–Crippen LogP) is 3.85. The van der Waals surface area contributed by atoms with Gasteiger partial charge < -0.3 is 15.8 Å². The summed E-state index contributed by atoms with van der Waals surface area (Å²) < 4.78 is 30.1. The zero-order valence-electron chi connectivity index (χ0n) is 16.5. The molecule has 0 unspecified atom stereocenters. The Morgan fingerprint density at radius 3 is 2.36 bits per heavy atom. The second-order valence-electron chi connectivity index (χ2n) is 7.33. The summed E-state index contributed by atoms with van der Waals surface area (Å²) >= 11 is 6.06. The number of nitrogens with two attached hydrogens (primary N) is 1. The fraction of sp³-hybridized carbons (Fsp3) is 0.350. The van der Waals surface area contributed by atoms with Gasteiger partial charge in [0.25, 0.3) is 0 Å². The summed E-state index contributed by atoms with van der Waals surface area (Å²) in [6.45, 7) is 6.29. The van der Waals surface area contributed by atoms with Crippen LogP contribution in [0.15, 0.2) is 52.4 Å². The molecule has 0 aliphatic carbocycles. The van der Waals surface area contributed by atoms with E-state index in [9.17, 15) is 8.42 Å². The zero-order chi connectivity index (χ0) is 20.9. The van der Waals surface area contributed by atoms with Crippen molar-refractivity contribution in [3.8, 4) is 5.75 Å². The van der Waals surface area contributed by atoms with Crippen LogP contribution in [0.1, 0.15) is 26.3 Å². The summed E-state index contributed by atoms with van der Waals surface area (Å²) in [6.07, 6.45) is 0. The van der Waals surface area contributed by atoms with Gasteiger partial charge in [-0.15, -0.1) is 0 Å². The van der Waals surface area contributed by atoms with E-state index in [2.05, 4.69) is 31.1 Å². The molecule has 28 heavy (non-hydrogen) atoms. The Morgan fingerprint density at radius 2 is 1.82 bits per heavy atom. The first kappa shape index (κ1) is 22.0. The first-order valence-corrected chi connectivity index (χ1v) is 10.8. The largest absolute Gasteiger partial charge is 0.495 e. The lowest BCUT2D eigenvalue weighted by Gasteiger charge is -2.19. The van der Waals surface area contributed by atoms with Crippen molar-refractivity contribution in [3.63, 3.8) is 0 Å². The monoisotopic (exact) mass is 423 g/mol. The van der Waals surface area contributed by atoms with Crippen molar-refractivity contribution in [2.45, 2.75) is 31.1 Å². The molecule has 2 rings (SSSR count). The second-order valence-corrected chi connectivity index (χ2v) is 9.85. The predicted molar refractivity (Wildman–Crippen MR) is 115 cm³/mol. The van der Waals surface area contributed by atoms with Crippen LogP contribution in [0.25, 0.3) is 0 Å². The summed E-state index contributed by atoms with van der Waals surface area (Å²) in [5, 5.41) is 3.31. The summed E-state index contributed by atoms with van der Waals surface area (Å²) in [4.78, 5) is 4.37. The van der Waals surface area contributed by atoms with Gasteiger partial charge in [-0.25, -0.2) is 8.42 Å². The number of methoxy groups -OCH3 is 1. The van der Waals surface area contributed by atoms with Gasteiger partial charge in [-0.3, -0.25) is 4.99 Å². The number of guanidine groups is 1. The van der Waals surface area contributed by atoms with E-state index in [1.807, 2.05) is 12.1 Å². The van der Waals surface area contributed by atoms with Crippen LogP contribution in [-0.2, 0) is 15.3 Å². The van der Waals surface area contributed by atoms with Crippen molar-refractivity contribution in [3.05, 3.63) is 53.1 Å². The normalized spacial score (nSPS) is 12.7. The maximum Gasteiger partial charge on any atom is 0.193 e. The van der Waals surface area contributed by atoms with Gasteiger partial charge in [-0.1, -0.05) is 44.5 Å². The number of nitrogens with zero attached hydrogens (tertiary/aromatic N) is 1. The van der Waals surface area contributed by atoms with Gasteiger partial charge in [0.1, 0.15) is 5.75 Å².